The predicted octanol–water partition coefficient (Wildman–Crippen LogP) is 2.74. The van der Waals surface area contributed by atoms with E-state index in [0.717, 1.165) is 17.1 Å². The second-order valence-corrected chi connectivity index (χ2v) is 4.25. The van der Waals surface area contributed by atoms with Crippen LogP contribution in [0.4, 0.5) is 0 Å². The van der Waals surface area contributed by atoms with Crippen LogP contribution in [-0.4, -0.2) is 18.6 Å². The molecular weight excluding hydrogens is 214 g/mol. The van der Waals surface area contributed by atoms with Gasteiger partial charge in [0.1, 0.15) is 0 Å². The molecule has 1 aromatic heterocycles. The average Bonchev–Trinajstić information content (AvgIpc) is 2.69. The first-order valence-electron chi connectivity index (χ1n) is 4.34. The molecule has 1 N–H and O–H groups in total. The highest BCUT2D eigenvalue weighted by Crippen LogP contribution is 2.12. The summed E-state index contributed by atoms with van der Waals surface area (Å²) in [5.41, 5.74) is 0.763. The molecule has 0 radical (unpaired) electrons. The Morgan fingerprint density at radius 2 is 2.50 bits per heavy atom. The Balaban J connectivity index is 2.70. The molecule has 0 atom stereocenters. The minimum atomic E-state index is 0.0663. The van der Waals surface area contributed by atoms with E-state index in [-0.39, 0.29) is 5.78 Å². The third kappa shape index (κ3) is 3.20. The van der Waals surface area contributed by atoms with E-state index in [0.29, 0.717) is 0 Å². The summed E-state index contributed by atoms with van der Waals surface area (Å²) in [4.78, 5) is 11.6. The molecule has 76 valence electrons. The van der Waals surface area contributed by atoms with Gasteiger partial charge in [-0.3, -0.25) is 4.79 Å². The lowest BCUT2D eigenvalue weighted by Gasteiger charge is -2.03. The fraction of sp³-hybridized carbons (Fsp3) is 0.300. The quantitative estimate of drug-likeness (QED) is 0.619. The van der Waals surface area contributed by atoms with Crippen LogP contribution in [0.15, 0.2) is 27.9 Å². The molecule has 0 aliphatic heterocycles. The second-order valence-electron chi connectivity index (χ2n) is 2.62. The molecule has 1 aromatic rings. The van der Waals surface area contributed by atoms with Crippen molar-refractivity contribution >= 4 is 28.9 Å². The van der Waals surface area contributed by atoms with Crippen molar-refractivity contribution in [2.45, 2.75) is 6.92 Å². The van der Waals surface area contributed by atoms with Gasteiger partial charge in [0.25, 0.3) is 0 Å². The molecule has 4 heteroatoms. The number of thioether (sulfide) groups is 1. The van der Waals surface area contributed by atoms with Crippen LogP contribution >= 0.6 is 23.1 Å². The number of thiophene rings is 1. The van der Waals surface area contributed by atoms with E-state index in [9.17, 15) is 4.79 Å². The number of carbonyl (C=O) groups excluding carboxylic acids is 1. The van der Waals surface area contributed by atoms with Gasteiger partial charge >= 0.3 is 0 Å². The molecule has 0 aliphatic carbocycles. The summed E-state index contributed by atoms with van der Waals surface area (Å²) in [6, 6.07) is 1.84. The summed E-state index contributed by atoms with van der Waals surface area (Å²) >= 11 is 3.09. The Morgan fingerprint density at radius 3 is 3.00 bits per heavy atom. The maximum atomic E-state index is 11.6. The molecule has 14 heavy (non-hydrogen) atoms. The van der Waals surface area contributed by atoms with E-state index >= 15 is 0 Å². The Labute approximate surface area is 92.4 Å². The predicted molar refractivity (Wildman–Crippen MR) is 63.9 cm³/mol. The van der Waals surface area contributed by atoms with Crippen LogP contribution in [0.25, 0.3) is 0 Å². The van der Waals surface area contributed by atoms with Gasteiger partial charge in [-0.1, -0.05) is 0 Å². The molecule has 0 amide bonds. The Bertz CT molecular complexity index is 317. The summed E-state index contributed by atoms with van der Waals surface area (Å²) in [6.45, 7) is 2.85. The maximum absolute atomic E-state index is 11.6. The fourth-order valence-electron chi connectivity index (χ4n) is 0.963. The van der Waals surface area contributed by atoms with Crippen molar-refractivity contribution in [3.05, 3.63) is 33.5 Å². The summed E-state index contributed by atoms with van der Waals surface area (Å²) in [7, 11) is 0. The monoisotopic (exact) mass is 227 g/mol. The number of carbonyl (C=O) groups is 1. The van der Waals surface area contributed by atoms with Gasteiger partial charge in [-0.25, -0.2) is 0 Å². The van der Waals surface area contributed by atoms with Crippen molar-refractivity contribution in [2.75, 3.05) is 12.8 Å². The SMILES string of the molecule is CCNC(=CC(=O)c1ccsc1)SC. The maximum Gasteiger partial charge on any atom is 0.189 e. The van der Waals surface area contributed by atoms with E-state index < -0.39 is 0 Å². The first kappa shape index (κ1) is 11.3. The molecule has 0 unspecified atom stereocenters. The lowest BCUT2D eigenvalue weighted by atomic mass is 10.2. The van der Waals surface area contributed by atoms with Crippen LogP contribution < -0.4 is 5.32 Å². The van der Waals surface area contributed by atoms with Gasteiger partial charge in [0.2, 0.25) is 0 Å². The van der Waals surface area contributed by atoms with Crippen molar-refractivity contribution in [1.82, 2.24) is 5.32 Å². The summed E-state index contributed by atoms with van der Waals surface area (Å²) in [5.74, 6) is 0.0663. The molecule has 0 saturated heterocycles. The average molecular weight is 227 g/mol. The molecular formula is C10H13NOS2. The molecule has 0 fully saturated rings. The smallest absolute Gasteiger partial charge is 0.189 e. The molecule has 0 aliphatic rings. The highest BCUT2D eigenvalue weighted by atomic mass is 32.2. The first-order valence-corrected chi connectivity index (χ1v) is 6.50. The van der Waals surface area contributed by atoms with Gasteiger partial charge in [0, 0.05) is 23.6 Å². The highest BCUT2D eigenvalue weighted by molar-refractivity contribution is 8.02. The van der Waals surface area contributed by atoms with Gasteiger partial charge in [-0.15, -0.1) is 11.8 Å². The topological polar surface area (TPSA) is 29.1 Å². The minimum absolute atomic E-state index is 0.0663. The number of ketones is 1. The van der Waals surface area contributed by atoms with E-state index in [1.165, 1.54) is 11.3 Å². The standard InChI is InChI=1S/C10H13NOS2/c1-3-11-10(13-2)6-9(12)8-4-5-14-7-8/h4-7,11H,3H2,1-2H3. The summed E-state index contributed by atoms with van der Waals surface area (Å²) < 4.78 is 0. The van der Waals surface area contributed by atoms with Gasteiger partial charge in [-0.05, 0) is 24.6 Å². The van der Waals surface area contributed by atoms with Crippen molar-refractivity contribution in [3.63, 3.8) is 0 Å². The minimum Gasteiger partial charge on any atom is -0.380 e. The third-order valence-electron chi connectivity index (χ3n) is 1.64. The van der Waals surface area contributed by atoms with Crippen LogP contribution in [-0.2, 0) is 0 Å². The van der Waals surface area contributed by atoms with Crippen molar-refractivity contribution in [3.8, 4) is 0 Å². The number of rotatable bonds is 5. The zero-order valence-electron chi connectivity index (χ0n) is 8.24. The van der Waals surface area contributed by atoms with Crippen LogP contribution in [0.2, 0.25) is 0 Å². The molecule has 0 saturated carbocycles. The van der Waals surface area contributed by atoms with Crippen molar-refractivity contribution in [1.29, 1.82) is 0 Å². The lowest BCUT2D eigenvalue weighted by Crippen LogP contribution is -2.10. The molecule has 1 rings (SSSR count). The molecule has 0 aromatic carbocycles. The second kappa shape index (κ2) is 5.88. The van der Waals surface area contributed by atoms with Gasteiger partial charge in [0.15, 0.2) is 5.78 Å². The van der Waals surface area contributed by atoms with Crippen molar-refractivity contribution in [2.24, 2.45) is 0 Å². The highest BCUT2D eigenvalue weighted by Gasteiger charge is 2.03. The van der Waals surface area contributed by atoms with E-state index in [1.54, 1.807) is 17.8 Å². The van der Waals surface area contributed by atoms with Crippen molar-refractivity contribution < 1.29 is 4.79 Å². The molecule has 1 heterocycles. The van der Waals surface area contributed by atoms with Crippen LogP contribution in [0.1, 0.15) is 17.3 Å². The van der Waals surface area contributed by atoms with Gasteiger partial charge in [0.05, 0.1) is 5.03 Å². The molecule has 2 nitrogen and oxygen atoms in total. The lowest BCUT2D eigenvalue weighted by molar-refractivity contribution is 0.104. The van der Waals surface area contributed by atoms with Crippen LogP contribution in [0.5, 0.6) is 0 Å². The van der Waals surface area contributed by atoms with E-state index in [2.05, 4.69) is 5.32 Å². The first-order chi connectivity index (χ1) is 6.77. The summed E-state index contributed by atoms with van der Waals surface area (Å²) in [6.07, 6.45) is 3.60. The Hall–Kier alpha value is -0.740. The van der Waals surface area contributed by atoms with Crippen LogP contribution in [0, 0.1) is 0 Å². The van der Waals surface area contributed by atoms with Crippen LogP contribution in [0.3, 0.4) is 0 Å². The summed E-state index contributed by atoms with van der Waals surface area (Å²) in [5, 5.41) is 7.83. The zero-order valence-corrected chi connectivity index (χ0v) is 9.87. The van der Waals surface area contributed by atoms with E-state index in [4.69, 9.17) is 0 Å². The number of nitrogens with one attached hydrogen (secondary N) is 1. The number of allylic oxidation sites excluding steroid dienone is 1. The Kier molecular flexibility index (Phi) is 4.76. The zero-order chi connectivity index (χ0) is 10.4. The Morgan fingerprint density at radius 1 is 1.71 bits per heavy atom. The fourth-order valence-corrected chi connectivity index (χ4v) is 2.12. The van der Waals surface area contributed by atoms with E-state index in [1.807, 2.05) is 30.0 Å². The normalized spacial score (nSPS) is 11.4. The molecule has 0 bridgehead atoms. The number of hydrogen-bond donors (Lipinski definition) is 1. The number of hydrogen-bond acceptors (Lipinski definition) is 4. The third-order valence-corrected chi connectivity index (χ3v) is 3.02. The molecule has 0 spiro atoms. The van der Waals surface area contributed by atoms with Gasteiger partial charge in [-0.2, -0.15) is 11.3 Å². The largest absolute Gasteiger partial charge is 0.380 e. The van der Waals surface area contributed by atoms with Gasteiger partial charge < -0.3 is 5.32 Å².